The summed E-state index contributed by atoms with van der Waals surface area (Å²) >= 11 is 0. The summed E-state index contributed by atoms with van der Waals surface area (Å²) in [5, 5.41) is 2.03. The van der Waals surface area contributed by atoms with E-state index in [1.165, 1.54) is 25.4 Å². The monoisotopic (exact) mass is 334 g/mol. The number of carbonyl (C=O) groups excluding carboxylic acids is 1. The van der Waals surface area contributed by atoms with Gasteiger partial charge in [0.05, 0.1) is 34.7 Å². The van der Waals surface area contributed by atoms with Crippen molar-refractivity contribution in [3.63, 3.8) is 0 Å². The first kappa shape index (κ1) is 17.0. The molecule has 0 aliphatic carbocycles. The number of benzene rings is 1. The number of nitrogens with zero attached hydrogens (tertiary/aromatic N) is 1. The molecule has 1 aromatic heterocycles. The van der Waals surface area contributed by atoms with Gasteiger partial charge in [0.25, 0.3) is 5.91 Å². The number of amides is 1. The van der Waals surface area contributed by atoms with Gasteiger partial charge in [-0.25, -0.2) is 13.4 Å². The van der Waals surface area contributed by atoms with E-state index < -0.39 is 21.0 Å². The summed E-state index contributed by atoms with van der Waals surface area (Å²) < 4.78 is 29.7. The van der Waals surface area contributed by atoms with Crippen LogP contribution < -0.4 is 10.1 Å². The third-order valence-corrected chi connectivity index (χ3v) is 5.47. The van der Waals surface area contributed by atoms with Crippen LogP contribution in [0.25, 0.3) is 0 Å². The summed E-state index contributed by atoms with van der Waals surface area (Å²) in [5.74, 6) is -0.0809. The maximum atomic E-state index is 12.4. The highest BCUT2D eigenvalue weighted by Gasteiger charge is 2.25. The number of aromatic nitrogens is 1. The molecule has 0 atom stereocenters. The van der Waals surface area contributed by atoms with Gasteiger partial charge in [0.1, 0.15) is 0 Å². The largest absolute Gasteiger partial charge is 0.481 e. The molecule has 23 heavy (non-hydrogen) atoms. The van der Waals surface area contributed by atoms with Gasteiger partial charge in [-0.05, 0) is 32.0 Å². The van der Waals surface area contributed by atoms with Gasteiger partial charge in [-0.2, -0.15) is 0 Å². The molecule has 2 aromatic rings. The van der Waals surface area contributed by atoms with E-state index in [4.69, 9.17) is 4.74 Å². The molecule has 7 heteroatoms. The number of pyridine rings is 1. The molecule has 1 N–H and O–H groups in total. The number of hydrogen-bond donors (Lipinski definition) is 1. The molecule has 0 saturated carbocycles. The Morgan fingerprint density at radius 3 is 2.43 bits per heavy atom. The molecule has 1 aromatic carbocycles. The zero-order chi connectivity index (χ0) is 17.0. The van der Waals surface area contributed by atoms with Crippen LogP contribution >= 0.6 is 0 Å². The second-order valence-electron chi connectivity index (χ2n) is 5.13. The number of carbonyl (C=O) groups is 1. The number of anilines is 1. The number of rotatable bonds is 5. The Morgan fingerprint density at radius 1 is 1.17 bits per heavy atom. The standard InChI is InChI=1S/C16H18N2O4S/c1-11(2)23(20,21)14-7-5-4-6-13(14)16(19)18-12-8-9-15(22-3)17-10-12/h4-11H,1-3H3,(H,18,19). The summed E-state index contributed by atoms with van der Waals surface area (Å²) in [4.78, 5) is 16.4. The number of sulfone groups is 1. The lowest BCUT2D eigenvalue weighted by atomic mass is 10.2. The van der Waals surface area contributed by atoms with Gasteiger partial charge in [0.15, 0.2) is 9.84 Å². The van der Waals surface area contributed by atoms with Crippen LogP contribution in [0.3, 0.4) is 0 Å². The van der Waals surface area contributed by atoms with Gasteiger partial charge in [-0.3, -0.25) is 4.79 Å². The van der Waals surface area contributed by atoms with Crippen LogP contribution in [0.1, 0.15) is 24.2 Å². The van der Waals surface area contributed by atoms with Crippen LogP contribution in [0.5, 0.6) is 5.88 Å². The fourth-order valence-electron chi connectivity index (χ4n) is 1.93. The second-order valence-corrected chi connectivity index (χ2v) is 7.61. The molecule has 1 amide bonds. The van der Waals surface area contributed by atoms with E-state index in [2.05, 4.69) is 10.3 Å². The maximum absolute atomic E-state index is 12.4. The number of hydrogen-bond acceptors (Lipinski definition) is 5. The van der Waals surface area contributed by atoms with E-state index in [9.17, 15) is 13.2 Å². The molecule has 0 saturated heterocycles. The Morgan fingerprint density at radius 2 is 1.87 bits per heavy atom. The van der Waals surface area contributed by atoms with E-state index in [1.807, 2.05) is 0 Å². The zero-order valence-corrected chi connectivity index (χ0v) is 13.9. The predicted octanol–water partition coefficient (Wildman–Crippen LogP) is 2.52. The van der Waals surface area contributed by atoms with Gasteiger partial charge in [0, 0.05) is 6.07 Å². The summed E-state index contributed by atoms with van der Waals surface area (Å²) in [7, 11) is -2.06. The van der Waals surface area contributed by atoms with Crippen molar-refractivity contribution < 1.29 is 17.9 Å². The molecule has 0 bridgehead atoms. The Balaban J connectivity index is 2.33. The van der Waals surface area contributed by atoms with Crippen molar-refractivity contribution in [2.75, 3.05) is 12.4 Å². The van der Waals surface area contributed by atoms with E-state index >= 15 is 0 Å². The Labute approximate surface area is 135 Å². The molecular formula is C16H18N2O4S. The molecule has 0 unspecified atom stereocenters. The van der Waals surface area contributed by atoms with Crippen molar-refractivity contribution in [1.82, 2.24) is 4.98 Å². The van der Waals surface area contributed by atoms with Crippen LogP contribution in [0.15, 0.2) is 47.5 Å². The molecule has 0 aliphatic rings. The van der Waals surface area contributed by atoms with E-state index in [1.54, 1.807) is 38.1 Å². The Bertz CT molecular complexity index is 799. The topological polar surface area (TPSA) is 85.4 Å². The lowest BCUT2D eigenvalue weighted by Crippen LogP contribution is -2.20. The first-order valence-corrected chi connectivity index (χ1v) is 8.55. The third-order valence-electron chi connectivity index (χ3n) is 3.26. The van der Waals surface area contributed by atoms with E-state index in [0.29, 0.717) is 11.6 Å². The molecule has 122 valence electrons. The summed E-state index contributed by atoms with van der Waals surface area (Å²) in [6.45, 7) is 3.16. The van der Waals surface area contributed by atoms with Crippen LogP contribution in [-0.2, 0) is 9.84 Å². The molecule has 0 radical (unpaired) electrons. The Kier molecular flexibility index (Phi) is 5.00. The maximum Gasteiger partial charge on any atom is 0.257 e. The summed E-state index contributed by atoms with van der Waals surface area (Å²) in [6.07, 6.45) is 1.44. The van der Waals surface area contributed by atoms with Crippen molar-refractivity contribution in [2.45, 2.75) is 24.0 Å². The van der Waals surface area contributed by atoms with Gasteiger partial charge in [0.2, 0.25) is 5.88 Å². The molecular weight excluding hydrogens is 316 g/mol. The highest BCUT2D eigenvalue weighted by Crippen LogP contribution is 2.22. The minimum absolute atomic E-state index is 0.0222. The highest BCUT2D eigenvalue weighted by atomic mass is 32.2. The minimum Gasteiger partial charge on any atom is -0.481 e. The fraction of sp³-hybridized carbons (Fsp3) is 0.250. The first-order chi connectivity index (χ1) is 10.9. The lowest BCUT2D eigenvalue weighted by molar-refractivity contribution is 0.102. The van der Waals surface area contributed by atoms with Crippen molar-refractivity contribution in [3.05, 3.63) is 48.2 Å². The van der Waals surface area contributed by atoms with Gasteiger partial charge >= 0.3 is 0 Å². The second kappa shape index (κ2) is 6.78. The van der Waals surface area contributed by atoms with E-state index in [-0.39, 0.29) is 10.5 Å². The fourth-order valence-corrected chi connectivity index (χ4v) is 3.17. The summed E-state index contributed by atoms with van der Waals surface area (Å²) in [5.41, 5.74) is 0.560. The van der Waals surface area contributed by atoms with Crippen LogP contribution in [0, 0.1) is 0 Å². The lowest BCUT2D eigenvalue weighted by Gasteiger charge is -2.13. The van der Waals surface area contributed by atoms with Crippen LogP contribution in [0.2, 0.25) is 0 Å². The molecule has 1 heterocycles. The van der Waals surface area contributed by atoms with Gasteiger partial charge in [-0.15, -0.1) is 0 Å². The quantitative estimate of drug-likeness (QED) is 0.908. The Hall–Kier alpha value is -2.41. The SMILES string of the molecule is COc1ccc(NC(=O)c2ccccc2S(=O)(=O)C(C)C)cn1. The third kappa shape index (κ3) is 3.68. The summed E-state index contributed by atoms with van der Waals surface area (Å²) in [6, 6.07) is 9.38. The zero-order valence-electron chi connectivity index (χ0n) is 13.1. The smallest absolute Gasteiger partial charge is 0.257 e. The number of ether oxygens (including phenoxy) is 1. The van der Waals surface area contributed by atoms with Gasteiger partial charge in [-0.1, -0.05) is 12.1 Å². The normalized spacial score (nSPS) is 11.3. The van der Waals surface area contributed by atoms with Crippen molar-refractivity contribution >= 4 is 21.4 Å². The van der Waals surface area contributed by atoms with Crippen molar-refractivity contribution in [3.8, 4) is 5.88 Å². The average Bonchev–Trinajstić information content (AvgIpc) is 2.55. The molecule has 0 aliphatic heterocycles. The van der Waals surface area contributed by atoms with Crippen molar-refractivity contribution in [1.29, 1.82) is 0 Å². The van der Waals surface area contributed by atoms with Gasteiger partial charge < -0.3 is 10.1 Å². The van der Waals surface area contributed by atoms with E-state index in [0.717, 1.165) is 0 Å². The van der Waals surface area contributed by atoms with Crippen molar-refractivity contribution in [2.24, 2.45) is 0 Å². The number of nitrogens with one attached hydrogen (secondary N) is 1. The van der Waals surface area contributed by atoms with Crippen LogP contribution in [0.4, 0.5) is 5.69 Å². The molecule has 2 rings (SSSR count). The van der Waals surface area contributed by atoms with Crippen LogP contribution in [-0.4, -0.2) is 31.7 Å². The first-order valence-electron chi connectivity index (χ1n) is 7.00. The average molecular weight is 334 g/mol. The number of methoxy groups -OCH3 is 1. The molecule has 0 spiro atoms. The minimum atomic E-state index is -3.55. The highest BCUT2D eigenvalue weighted by molar-refractivity contribution is 7.92. The molecule has 0 fully saturated rings. The predicted molar refractivity (Wildman–Crippen MR) is 87.5 cm³/mol. The molecule has 6 nitrogen and oxygen atoms in total.